The first-order valence-electron chi connectivity index (χ1n) is 5.85. The molecule has 1 saturated carbocycles. The molecule has 0 aromatic carbocycles. The van der Waals surface area contributed by atoms with Crippen molar-refractivity contribution in [2.45, 2.75) is 18.9 Å². The maximum absolute atomic E-state index is 9.69. The van der Waals surface area contributed by atoms with Crippen LogP contribution in [0.1, 0.15) is 12.8 Å². The van der Waals surface area contributed by atoms with Gasteiger partial charge in [0, 0.05) is 25.5 Å². The quantitative estimate of drug-likeness (QED) is 0.783. The van der Waals surface area contributed by atoms with E-state index in [0.29, 0.717) is 18.2 Å². The number of hydrogen-bond donors (Lipinski definition) is 2. The van der Waals surface area contributed by atoms with Gasteiger partial charge in [0.25, 0.3) is 0 Å². The van der Waals surface area contributed by atoms with Crippen molar-refractivity contribution in [2.75, 3.05) is 25.1 Å². The summed E-state index contributed by atoms with van der Waals surface area (Å²) in [7, 11) is 0. The molecule has 1 heterocycles. The molecule has 1 fully saturated rings. The van der Waals surface area contributed by atoms with E-state index in [1.807, 2.05) is 0 Å². The molecule has 1 aromatic rings. The highest BCUT2D eigenvalue weighted by Gasteiger charge is 2.21. The third-order valence-electron chi connectivity index (χ3n) is 2.66. The number of rotatable bonds is 7. The second-order valence-corrected chi connectivity index (χ2v) is 4.78. The summed E-state index contributed by atoms with van der Waals surface area (Å²) in [6, 6.07) is 1.78. The summed E-state index contributed by atoms with van der Waals surface area (Å²) in [5.41, 5.74) is 0.780. The number of nitrogens with zero attached hydrogens (tertiary/aromatic N) is 1. The lowest BCUT2D eigenvalue weighted by Gasteiger charge is -2.13. The van der Waals surface area contributed by atoms with Crippen LogP contribution in [0.15, 0.2) is 18.5 Å². The number of aliphatic hydroxyl groups excluding tert-OH is 1. The molecule has 2 N–H and O–H groups in total. The van der Waals surface area contributed by atoms with Crippen LogP contribution in [0.2, 0.25) is 5.02 Å². The Morgan fingerprint density at radius 2 is 2.41 bits per heavy atom. The summed E-state index contributed by atoms with van der Waals surface area (Å²) < 4.78 is 5.40. The predicted molar refractivity (Wildman–Crippen MR) is 67.3 cm³/mol. The summed E-state index contributed by atoms with van der Waals surface area (Å²) in [4.78, 5) is 3.89. The zero-order valence-corrected chi connectivity index (χ0v) is 10.4. The van der Waals surface area contributed by atoms with Crippen molar-refractivity contribution in [3.63, 3.8) is 0 Å². The fraction of sp³-hybridized carbons (Fsp3) is 0.583. The van der Waals surface area contributed by atoms with Crippen LogP contribution in [0, 0.1) is 5.92 Å². The lowest BCUT2D eigenvalue weighted by molar-refractivity contribution is 0.0386. The van der Waals surface area contributed by atoms with Gasteiger partial charge in [0.15, 0.2) is 0 Å². The molecule has 1 aliphatic carbocycles. The SMILES string of the molecule is OC(CNc1ccncc1Cl)COCC1CC1. The van der Waals surface area contributed by atoms with E-state index in [1.54, 1.807) is 18.5 Å². The maximum Gasteiger partial charge on any atom is 0.0945 e. The Kier molecular flexibility index (Phi) is 4.59. The summed E-state index contributed by atoms with van der Waals surface area (Å²) >= 11 is 5.92. The second kappa shape index (κ2) is 6.19. The van der Waals surface area contributed by atoms with Crippen LogP contribution in [-0.4, -0.2) is 36.0 Å². The van der Waals surface area contributed by atoms with E-state index in [2.05, 4.69) is 10.3 Å². The minimum absolute atomic E-state index is 0.367. The molecule has 1 aliphatic rings. The summed E-state index contributed by atoms with van der Waals surface area (Å²) in [5, 5.41) is 13.3. The van der Waals surface area contributed by atoms with Gasteiger partial charge in [-0.15, -0.1) is 0 Å². The van der Waals surface area contributed by atoms with Crippen molar-refractivity contribution in [3.05, 3.63) is 23.5 Å². The highest BCUT2D eigenvalue weighted by molar-refractivity contribution is 6.33. The van der Waals surface area contributed by atoms with E-state index in [9.17, 15) is 5.11 Å². The van der Waals surface area contributed by atoms with Crippen LogP contribution in [0.4, 0.5) is 5.69 Å². The van der Waals surface area contributed by atoms with Gasteiger partial charge < -0.3 is 15.2 Å². The average Bonchev–Trinajstić information content (AvgIpc) is 3.12. The second-order valence-electron chi connectivity index (χ2n) is 4.37. The van der Waals surface area contributed by atoms with Gasteiger partial charge in [0.05, 0.1) is 23.4 Å². The average molecular weight is 257 g/mol. The molecule has 0 saturated heterocycles. The number of aliphatic hydroxyl groups is 1. The van der Waals surface area contributed by atoms with Gasteiger partial charge in [0.1, 0.15) is 0 Å². The molecular weight excluding hydrogens is 240 g/mol. The normalized spacial score (nSPS) is 16.8. The Bertz CT molecular complexity index is 358. The molecule has 1 atom stereocenters. The molecule has 0 amide bonds. The van der Waals surface area contributed by atoms with Crippen molar-refractivity contribution in [3.8, 4) is 0 Å². The minimum Gasteiger partial charge on any atom is -0.389 e. The molecule has 1 unspecified atom stereocenters. The summed E-state index contributed by atoms with van der Waals surface area (Å²) in [6.07, 6.45) is 5.24. The lowest BCUT2D eigenvalue weighted by atomic mass is 10.3. The van der Waals surface area contributed by atoms with E-state index in [0.717, 1.165) is 18.2 Å². The van der Waals surface area contributed by atoms with Crippen molar-refractivity contribution in [1.82, 2.24) is 4.98 Å². The fourth-order valence-electron chi connectivity index (χ4n) is 1.46. The Morgan fingerprint density at radius 3 is 3.12 bits per heavy atom. The largest absolute Gasteiger partial charge is 0.389 e. The molecule has 2 rings (SSSR count). The predicted octanol–water partition coefficient (Wildman–Crippen LogP) is 1.93. The van der Waals surface area contributed by atoms with E-state index in [1.165, 1.54) is 12.8 Å². The Labute approximate surface area is 106 Å². The van der Waals surface area contributed by atoms with Crippen LogP contribution < -0.4 is 5.32 Å². The maximum atomic E-state index is 9.69. The van der Waals surface area contributed by atoms with Gasteiger partial charge in [-0.25, -0.2) is 0 Å². The molecule has 17 heavy (non-hydrogen) atoms. The van der Waals surface area contributed by atoms with Crippen LogP contribution in [0.5, 0.6) is 0 Å². The van der Waals surface area contributed by atoms with Crippen LogP contribution in [0.25, 0.3) is 0 Å². The zero-order chi connectivity index (χ0) is 12.1. The van der Waals surface area contributed by atoms with Gasteiger partial charge in [-0.05, 0) is 24.8 Å². The van der Waals surface area contributed by atoms with Gasteiger partial charge in [0.2, 0.25) is 0 Å². The topological polar surface area (TPSA) is 54.4 Å². The first-order valence-corrected chi connectivity index (χ1v) is 6.22. The summed E-state index contributed by atoms with van der Waals surface area (Å²) in [6.45, 7) is 1.56. The Hall–Kier alpha value is -0.840. The monoisotopic (exact) mass is 256 g/mol. The minimum atomic E-state index is -0.516. The molecular formula is C12H17ClN2O2. The molecule has 94 valence electrons. The highest BCUT2D eigenvalue weighted by atomic mass is 35.5. The molecule has 0 aliphatic heterocycles. The first-order chi connectivity index (χ1) is 8.25. The number of halogens is 1. The number of ether oxygens (including phenoxy) is 1. The van der Waals surface area contributed by atoms with E-state index in [4.69, 9.17) is 16.3 Å². The highest BCUT2D eigenvalue weighted by Crippen LogP contribution is 2.28. The molecule has 4 nitrogen and oxygen atoms in total. The molecule has 0 bridgehead atoms. The van der Waals surface area contributed by atoms with E-state index in [-0.39, 0.29) is 0 Å². The lowest BCUT2D eigenvalue weighted by Crippen LogP contribution is -2.25. The Morgan fingerprint density at radius 1 is 1.59 bits per heavy atom. The standard InChI is InChI=1S/C12H17ClN2O2/c13-11-6-14-4-3-12(11)15-5-10(16)8-17-7-9-1-2-9/h3-4,6,9-10,16H,1-2,5,7-8H2,(H,14,15). The Balaban J connectivity index is 1.64. The van der Waals surface area contributed by atoms with Gasteiger partial charge >= 0.3 is 0 Å². The first kappa shape index (κ1) is 12.6. The molecule has 5 heteroatoms. The number of nitrogens with one attached hydrogen (secondary N) is 1. The van der Waals surface area contributed by atoms with Crippen molar-refractivity contribution >= 4 is 17.3 Å². The molecule has 0 radical (unpaired) electrons. The van der Waals surface area contributed by atoms with E-state index >= 15 is 0 Å². The number of hydrogen-bond acceptors (Lipinski definition) is 4. The summed E-state index contributed by atoms with van der Waals surface area (Å²) in [5.74, 6) is 0.727. The van der Waals surface area contributed by atoms with E-state index < -0.39 is 6.10 Å². The van der Waals surface area contributed by atoms with Crippen molar-refractivity contribution in [2.24, 2.45) is 5.92 Å². The van der Waals surface area contributed by atoms with Crippen molar-refractivity contribution < 1.29 is 9.84 Å². The zero-order valence-electron chi connectivity index (χ0n) is 9.60. The van der Waals surface area contributed by atoms with Gasteiger partial charge in [-0.1, -0.05) is 11.6 Å². The number of pyridine rings is 1. The van der Waals surface area contributed by atoms with Crippen molar-refractivity contribution in [1.29, 1.82) is 0 Å². The number of anilines is 1. The van der Waals surface area contributed by atoms with Crippen LogP contribution >= 0.6 is 11.6 Å². The third-order valence-corrected chi connectivity index (χ3v) is 2.96. The van der Waals surface area contributed by atoms with Gasteiger partial charge in [-0.2, -0.15) is 0 Å². The third kappa shape index (κ3) is 4.50. The fourth-order valence-corrected chi connectivity index (χ4v) is 1.65. The molecule has 1 aromatic heterocycles. The van der Waals surface area contributed by atoms with Crippen LogP contribution in [0.3, 0.4) is 0 Å². The smallest absolute Gasteiger partial charge is 0.0945 e. The van der Waals surface area contributed by atoms with Gasteiger partial charge in [-0.3, -0.25) is 4.98 Å². The number of aromatic nitrogens is 1. The van der Waals surface area contributed by atoms with Crippen LogP contribution in [-0.2, 0) is 4.74 Å². The molecule has 0 spiro atoms.